The van der Waals surface area contributed by atoms with Crippen LogP contribution in [0, 0.1) is 11.3 Å². The highest BCUT2D eigenvalue weighted by Gasteiger charge is 2.42. The molecule has 0 radical (unpaired) electrons. The van der Waals surface area contributed by atoms with Crippen LogP contribution in [0.4, 0.5) is 0 Å². The fourth-order valence-corrected chi connectivity index (χ4v) is 3.54. The lowest BCUT2D eigenvalue weighted by Gasteiger charge is -2.27. The smallest absolute Gasteiger partial charge is 0.348 e. The van der Waals surface area contributed by atoms with Gasteiger partial charge < -0.3 is 15.2 Å². The molecule has 0 aromatic heterocycles. The van der Waals surface area contributed by atoms with E-state index in [1.165, 1.54) is 0 Å². The molecule has 0 heterocycles. The number of nitrogens with zero attached hydrogens (tertiary/aromatic N) is 1. The van der Waals surface area contributed by atoms with Crippen molar-refractivity contribution in [3.05, 3.63) is 71.8 Å². The molecule has 0 atom stereocenters. The summed E-state index contributed by atoms with van der Waals surface area (Å²) < 4.78 is 5.17. The lowest BCUT2D eigenvalue weighted by atomic mass is 9.86. The molecular formula is C22H22N2O4. The third-order valence-electron chi connectivity index (χ3n) is 5.06. The molecular weight excluding hydrogens is 356 g/mol. The van der Waals surface area contributed by atoms with Gasteiger partial charge in [0, 0.05) is 0 Å². The summed E-state index contributed by atoms with van der Waals surface area (Å²) in [5, 5.41) is 23.3. The zero-order chi connectivity index (χ0) is 20.0. The van der Waals surface area contributed by atoms with E-state index in [4.69, 9.17) is 4.74 Å². The van der Waals surface area contributed by atoms with Gasteiger partial charge in [-0.2, -0.15) is 5.26 Å². The van der Waals surface area contributed by atoms with E-state index in [-0.39, 0.29) is 0 Å². The van der Waals surface area contributed by atoms with Gasteiger partial charge in [-0.1, -0.05) is 60.7 Å². The molecule has 144 valence electrons. The molecule has 6 heteroatoms. The van der Waals surface area contributed by atoms with Crippen LogP contribution in [0.1, 0.15) is 36.8 Å². The molecule has 28 heavy (non-hydrogen) atoms. The van der Waals surface area contributed by atoms with Gasteiger partial charge in [-0.15, -0.1) is 0 Å². The largest absolute Gasteiger partial charge is 0.453 e. The first-order valence-corrected chi connectivity index (χ1v) is 9.23. The maximum Gasteiger partial charge on any atom is 0.348 e. The molecule has 2 aromatic carbocycles. The van der Waals surface area contributed by atoms with Crippen LogP contribution in [0.5, 0.6) is 0 Å². The number of carbonyl (C=O) groups is 2. The van der Waals surface area contributed by atoms with Crippen LogP contribution in [-0.2, 0) is 19.9 Å². The Morgan fingerprint density at radius 1 is 1.04 bits per heavy atom. The quantitative estimate of drug-likeness (QED) is 0.752. The predicted octanol–water partition coefficient (Wildman–Crippen LogP) is 2.42. The number of hydrogen-bond donors (Lipinski definition) is 2. The summed E-state index contributed by atoms with van der Waals surface area (Å²) >= 11 is 0. The van der Waals surface area contributed by atoms with Crippen LogP contribution in [0.2, 0.25) is 0 Å². The first kappa shape index (κ1) is 19.6. The Kier molecular flexibility index (Phi) is 5.76. The van der Waals surface area contributed by atoms with Crippen LogP contribution < -0.4 is 5.32 Å². The topological polar surface area (TPSA) is 99.4 Å². The van der Waals surface area contributed by atoms with E-state index < -0.39 is 29.6 Å². The second-order valence-electron chi connectivity index (χ2n) is 6.97. The Bertz CT molecular complexity index is 829. The Hall–Kier alpha value is -3.17. The van der Waals surface area contributed by atoms with Crippen molar-refractivity contribution in [3.63, 3.8) is 0 Å². The van der Waals surface area contributed by atoms with Crippen molar-refractivity contribution in [1.29, 1.82) is 5.26 Å². The number of rotatable bonds is 6. The summed E-state index contributed by atoms with van der Waals surface area (Å²) in [6.07, 6.45) is 2.91. The number of amides is 1. The van der Waals surface area contributed by atoms with E-state index in [9.17, 15) is 20.0 Å². The van der Waals surface area contributed by atoms with E-state index in [1.807, 2.05) is 0 Å². The predicted molar refractivity (Wildman–Crippen MR) is 102 cm³/mol. The lowest BCUT2D eigenvalue weighted by Crippen LogP contribution is -2.47. The number of ether oxygens (including phenoxy) is 1. The zero-order valence-electron chi connectivity index (χ0n) is 15.4. The van der Waals surface area contributed by atoms with E-state index >= 15 is 0 Å². The van der Waals surface area contributed by atoms with Crippen LogP contribution in [0.15, 0.2) is 60.7 Å². The Balaban J connectivity index is 1.76. The molecule has 3 rings (SSSR count). The number of benzene rings is 2. The maximum atomic E-state index is 12.8. The van der Waals surface area contributed by atoms with Gasteiger partial charge in [-0.3, -0.25) is 4.79 Å². The highest BCUT2D eigenvalue weighted by atomic mass is 16.6. The van der Waals surface area contributed by atoms with Crippen LogP contribution in [0.3, 0.4) is 0 Å². The summed E-state index contributed by atoms with van der Waals surface area (Å²) in [7, 11) is 0. The van der Waals surface area contributed by atoms with Crippen LogP contribution >= 0.6 is 0 Å². The van der Waals surface area contributed by atoms with Gasteiger partial charge in [0.1, 0.15) is 5.54 Å². The molecule has 1 aliphatic rings. The molecule has 1 amide bonds. The summed E-state index contributed by atoms with van der Waals surface area (Å²) in [6.45, 7) is -0.565. The fraction of sp³-hybridized carbons (Fsp3) is 0.318. The highest BCUT2D eigenvalue weighted by Crippen LogP contribution is 2.31. The summed E-state index contributed by atoms with van der Waals surface area (Å²) in [5.41, 5.74) is -2.24. The van der Waals surface area contributed by atoms with E-state index in [0.717, 1.165) is 12.8 Å². The molecule has 0 bridgehead atoms. The van der Waals surface area contributed by atoms with Gasteiger partial charge in [0.2, 0.25) is 5.60 Å². The molecule has 1 fully saturated rings. The Morgan fingerprint density at radius 3 is 2.00 bits per heavy atom. The average molecular weight is 378 g/mol. The third-order valence-corrected chi connectivity index (χ3v) is 5.06. The third kappa shape index (κ3) is 3.90. The number of esters is 1. The van der Waals surface area contributed by atoms with Crippen molar-refractivity contribution >= 4 is 11.9 Å². The molecule has 6 nitrogen and oxygen atoms in total. The van der Waals surface area contributed by atoms with Crippen LogP contribution in [-0.4, -0.2) is 29.1 Å². The standard InChI is InChI=1S/C22H22N2O4/c23-16-21(13-7-8-14-21)24-19(25)15-28-20(26)22(27,17-9-3-1-4-10-17)18-11-5-2-6-12-18/h1-6,9-12,27H,7-8,13-15H2,(H,24,25). The number of nitriles is 1. The van der Waals surface area contributed by atoms with Gasteiger partial charge in [0.05, 0.1) is 6.07 Å². The second kappa shape index (κ2) is 8.24. The lowest BCUT2D eigenvalue weighted by molar-refractivity contribution is -0.164. The summed E-state index contributed by atoms with van der Waals surface area (Å²) in [5.74, 6) is -1.50. The van der Waals surface area contributed by atoms with Crippen LogP contribution in [0.25, 0.3) is 0 Å². The number of hydrogen-bond acceptors (Lipinski definition) is 5. The SMILES string of the molecule is N#CC1(NC(=O)COC(=O)C(O)(c2ccccc2)c2ccccc2)CCCC1. The van der Waals surface area contributed by atoms with Gasteiger partial charge in [0.25, 0.3) is 5.91 Å². The first-order valence-electron chi connectivity index (χ1n) is 9.23. The van der Waals surface area contributed by atoms with Gasteiger partial charge in [-0.25, -0.2) is 4.79 Å². The summed E-state index contributed by atoms with van der Waals surface area (Å²) in [4.78, 5) is 25.1. The van der Waals surface area contributed by atoms with E-state index in [1.54, 1.807) is 60.7 Å². The minimum Gasteiger partial charge on any atom is -0.453 e. The zero-order valence-corrected chi connectivity index (χ0v) is 15.4. The molecule has 1 saturated carbocycles. The van der Waals surface area contributed by atoms with Crippen molar-refractivity contribution in [3.8, 4) is 6.07 Å². The number of carbonyl (C=O) groups excluding carboxylic acids is 2. The average Bonchev–Trinajstić information content (AvgIpc) is 3.21. The van der Waals surface area contributed by atoms with E-state index in [2.05, 4.69) is 11.4 Å². The van der Waals surface area contributed by atoms with Gasteiger partial charge in [0.15, 0.2) is 6.61 Å². The molecule has 0 saturated heterocycles. The van der Waals surface area contributed by atoms with Crippen molar-refractivity contribution in [1.82, 2.24) is 5.32 Å². The van der Waals surface area contributed by atoms with Crippen molar-refractivity contribution in [2.24, 2.45) is 0 Å². The summed E-state index contributed by atoms with van der Waals surface area (Å²) in [6, 6.07) is 19.0. The maximum absolute atomic E-state index is 12.8. The molecule has 0 spiro atoms. The minimum atomic E-state index is -2.04. The van der Waals surface area contributed by atoms with Gasteiger partial charge >= 0.3 is 5.97 Å². The van der Waals surface area contributed by atoms with Crippen molar-refractivity contribution in [2.45, 2.75) is 36.8 Å². The number of aliphatic hydroxyl groups is 1. The normalized spacial score (nSPS) is 15.4. The first-order chi connectivity index (χ1) is 13.5. The minimum absolute atomic E-state index is 0.343. The molecule has 2 N–H and O–H groups in total. The molecule has 1 aliphatic carbocycles. The molecule has 0 aliphatic heterocycles. The second-order valence-corrected chi connectivity index (χ2v) is 6.97. The number of nitrogens with one attached hydrogen (secondary N) is 1. The highest BCUT2D eigenvalue weighted by molar-refractivity contribution is 5.88. The van der Waals surface area contributed by atoms with E-state index in [0.29, 0.717) is 24.0 Å². The molecule has 2 aromatic rings. The van der Waals surface area contributed by atoms with Crippen molar-refractivity contribution in [2.75, 3.05) is 6.61 Å². The fourth-order valence-electron chi connectivity index (χ4n) is 3.54. The molecule has 0 unspecified atom stereocenters. The Labute approximate surface area is 163 Å². The Morgan fingerprint density at radius 2 is 1.54 bits per heavy atom. The monoisotopic (exact) mass is 378 g/mol. The van der Waals surface area contributed by atoms with Crippen molar-refractivity contribution < 1.29 is 19.4 Å². The van der Waals surface area contributed by atoms with Gasteiger partial charge in [-0.05, 0) is 36.8 Å².